The van der Waals surface area contributed by atoms with E-state index in [2.05, 4.69) is 57.9 Å². The van der Waals surface area contributed by atoms with Crippen LogP contribution in [0.25, 0.3) is 5.57 Å². The Bertz CT molecular complexity index is 656. The van der Waals surface area contributed by atoms with Gasteiger partial charge >= 0.3 is 0 Å². The monoisotopic (exact) mass is 279 g/mol. The smallest absolute Gasteiger partial charge is 0.135 e. The van der Waals surface area contributed by atoms with Gasteiger partial charge in [-0.1, -0.05) is 36.4 Å². The maximum absolute atomic E-state index is 4.52. The minimum absolute atomic E-state index is 0.579. The fraction of sp³-hybridized carbons (Fsp3) is 0.389. The van der Waals surface area contributed by atoms with E-state index in [1.54, 1.807) is 0 Å². The topological polar surface area (TPSA) is 21.1 Å². The van der Waals surface area contributed by atoms with Gasteiger partial charge in [0.15, 0.2) is 0 Å². The van der Waals surface area contributed by atoms with Crippen molar-refractivity contribution >= 4 is 5.57 Å². The SMILES string of the molecule is Cn1ccnc1C1=CC2CCC(C1)N2Cc1ccccc1. The second-order valence-electron chi connectivity index (χ2n) is 6.21. The summed E-state index contributed by atoms with van der Waals surface area (Å²) >= 11 is 0. The normalized spacial score (nSPS) is 25.1. The second kappa shape index (κ2) is 5.15. The van der Waals surface area contributed by atoms with Gasteiger partial charge in [-0.05, 0) is 30.4 Å². The lowest BCUT2D eigenvalue weighted by molar-refractivity contribution is 0.203. The van der Waals surface area contributed by atoms with Gasteiger partial charge in [0.25, 0.3) is 0 Å². The van der Waals surface area contributed by atoms with Gasteiger partial charge in [0.1, 0.15) is 5.82 Å². The maximum Gasteiger partial charge on any atom is 0.135 e. The Hall–Kier alpha value is -1.87. The first-order valence-corrected chi connectivity index (χ1v) is 7.79. The van der Waals surface area contributed by atoms with E-state index >= 15 is 0 Å². The van der Waals surface area contributed by atoms with Gasteiger partial charge in [0, 0.05) is 38.1 Å². The molecule has 0 aliphatic carbocycles. The third-order valence-electron chi connectivity index (χ3n) is 4.86. The van der Waals surface area contributed by atoms with E-state index in [-0.39, 0.29) is 0 Å². The zero-order valence-electron chi connectivity index (χ0n) is 12.4. The molecule has 0 amide bonds. The summed E-state index contributed by atoms with van der Waals surface area (Å²) in [7, 11) is 2.08. The van der Waals surface area contributed by atoms with Crippen molar-refractivity contribution < 1.29 is 0 Å². The fourth-order valence-electron chi connectivity index (χ4n) is 3.80. The van der Waals surface area contributed by atoms with E-state index in [0.29, 0.717) is 12.1 Å². The Morgan fingerprint density at radius 3 is 2.76 bits per heavy atom. The molecular weight excluding hydrogens is 258 g/mol. The molecule has 3 heteroatoms. The van der Waals surface area contributed by atoms with Gasteiger partial charge in [-0.2, -0.15) is 0 Å². The third kappa shape index (κ3) is 2.32. The average Bonchev–Trinajstić information content (AvgIpc) is 3.01. The Kier molecular flexibility index (Phi) is 3.15. The van der Waals surface area contributed by atoms with Crippen LogP contribution in [-0.2, 0) is 13.6 Å². The van der Waals surface area contributed by atoms with Crippen LogP contribution in [0.15, 0.2) is 48.8 Å². The van der Waals surface area contributed by atoms with Crippen LogP contribution < -0.4 is 0 Å². The molecular formula is C18H21N3. The van der Waals surface area contributed by atoms with Crippen molar-refractivity contribution in [1.29, 1.82) is 0 Å². The molecule has 1 aromatic heterocycles. The molecule has 2 aliphatic heterocycles. The summed E-state index contributed by atoms with van der Waals surface area (Å²) in [5.41, 5.74) is 2.85. The van der Waals surface area contributed by atoms with Gasteiger partial charge in [-0.15, -0.1) is 0 Å². The highest BCUT2D eigenvalue weighted by Crippen LogP contribution is 2.38. The van der Waals surface area contributed by atoms with Crippen LogP contribution in [0, 0.1) is 0 Å². The first-order chi connectivity index (χ1) is 10.3. The summed E-state index contributed by atoms with van der Waals surface area (Å²) < 4.78 is 2.14. The average molecular weight is 279 g/mol. The summed E-state index contributed by atoms with van der Waals surface area (Å²) in [5, 5.41) is 0. The van der Waals surface area contributed by atoms with Crippen molar-refractivity contribution in [3.8, 4) is 0 Å². The second-order valence-corrected chi connectivity index (χ2v) is 6.21. The van der Waals surface area contributed by atoms with Gasteiger partial charge in [0.2, 0.25) is 0 Å². The summed E-state index contributed by atoms with van der Waals surface area (Å²) in [4.78, 5) is 7.19. The third-order valence-corrected chi connectivity index (χ3v) is 4.86. The standard InChI is InChI=1S/C18H21N3/c1-20-10-9-19-18(20)15-11-16-7-8-17(12-15)21(16)13-14-5-3-2-4-6-14/h2-6,9-11,16-17H,7-8,12-13H2,1H3. The molecule has 0 N–H and O–H groups in total. The predicted octanol–water partition coefficient (Wildman–Crippen LogP) is 3.24. The lowest BCUT2D eigenvalue weighted by Gasteiger charge is -2.33. The van der Waals surface area contributed by atoms with Crippen molar-refractivity contribution in [3.63, 3.8) is 0 Å². The highest BCUT2D eigenvalue weighted by atomic mass is 15.2. The zero-order chi connectivity index (χ0) is 14.2. The summed E-state index contributed by atoms with van der Waals surface area (Å²) in [6, 6.07) is 12.1. The molecule has 2 bridgehead atoms. The molecule has 3 nitrogen and oxygen atoms in total. The number of imidazole rings is 1. The quantitative estimate of drug-likeness (QED) is 0.860. The number of aromatic nitrogens is 2. The Labute approximate surface area is 125 Å². The van der Waals surface area contributed by atoms with Crippen LogP contribution in [0.2, 0.25) is 0 Å². The molecule has 1 fully saturated rings. The maximum atomic E-state index is 4.52. The Balaban J connectivity index is 1.58. The number of fused-ring (bicyclic) bond motifs is 2. The molecule has 0 saturated carbocycles. The number of benzene rings is 1. The van der Waals surface area contributed by atoms with Crippen LogP contribution in [0.3, 0.4) is 0 Å². The van der Waals surface area contributed by atoms with Crippen LogP contribution in [0.4, 0.5) is 0 Å². The summed E-state index contributed by atoms with van der Waals surface area (Å²) in [6.45, 7) is 1.07. The number of hydrogen-bond donors (Lipinski definition) is 0. The minimum atomic E-state index is 0.579. The van der Waals surface area contributed by atoms with Crippen molar-refractivity contribution in [3.05, 3.63) is 60.2 Å². The molecule has 21 heavy (non-hydrogen) atoms. The molecule has 2 aliphatic rings. The van der Waals surface area contributed by atoms with Crippen LogP contribution in [0.1, 0.15) is 30.7 Å². The molecule has 2 aromatic rings. The highest BCUT2D eigenvalue weighted by molar-refractivity contribution is 5.63. The van der Waals surface area contributed by atoms with E-state index in [1.165, 1.54) is 24.0 Å². The summed E-state index contributed by atoms with van der Waals surface area (Å²) in [5.74, 6) is 1.14. The lowest BCUT2D eigenvalue weighted by Crippen LogP contribution is -2.37. The molecule has 3 heterocycles. The molecule has 0 radical (unpaired) electrons. The molecule has 4 rings (SSSR count). The van der Waals surface area contributed by atoms with Gasteiger partial charge in [-0.3, -0.25) is 4.90 Å². The zero-order valence-corrected chi connectivity index (χ0v) is 12.4. The van der Waals surface area contributed by atoms with E-state index in [1.807, 2.05) is 12.4 Å². The van der Waals surface area contributed by atoms with Gasteiger partial charge < -0.3 is 4.57 Å². The summed E-state index contributed by atoms with van der Waals surface area (Å²) in [6.07, 6.45) is 10.1. The molecule has 2 unspecified atom stereocenters. The van der Waals surface area contributed by atoms with E-state index < -0.39 is 0 Å². The largest absolute Gasteiger partial charge is 0.334 e. The number of aryl methyl sites for hydroxylation is 1. The Morgan fingerprint density at radius 1 is 1.19 bits per heavy atom. The molecule has 1 aromatic carbocycles. The van der Waals surface area contributed by atoms with E-state index in [4.69, 9.17) is 0 Å². The Morgan fingerprint density at radius 2 is 2.05 bits per heavy atom. The van der Waals surface area contributed by atoms with Crippen LogP contribution >= 0.6 is 0 Å². The van der Waals surface area contributed by atoms with Gasteiger partial charge in [-0.25, -0.2) is 4.98 Å². The van der Waals surface area contributed by atoms with Crippen molar-refractivity contribution in [2.24, 2.45) is 7.05 Å². The predicted molar refractivity (Wildman–Crippen MR) is 84.6 cm³/mol. The van der Waals surface area contributed by atoms with Crippen LogP contribution in [0.5, 0.6) is 0 Å². The van der Waals surface area contributed by atoms with E-state index in [9.17, 15) is 0 Å². The van der Waals surface area contributed by atoms with Crippen molar-refractivity contribution in [1.82, 2.24) is 14.5 Å². The first-order valence-electron chi connectivity index (χ1n) is 7.79. The highest BCUT2D eigenvalue weighted by Gasteiger charge is 2.37. The number of rotatable bonds is 3. The first kappa shape index (κ1) is 12.8. The number of hydrogen-bond acceptors (Lipinski definition) is 2. The van der Waals surface area contributed by atoms with Crippen molar-refractivity contribution in [2.75, 3.05) is 0 Å². The van der Waals surface area contributed by atoms with Crippen molar-refractivity contribution in [2.45, 2.75) is 37.9 Å². The molecule has 108 valence electrons. The molecule has 0 spiro atoms. The van der Waals surface area contributed by atoms with Crippen LogP contribution in [-0.4, -0.2) is 26.5 Å². The fourth-order valence-corrected chi connectivity index (χ4v) is 3.80. The number of nitrogens with zero attached hydrogens (tertiary/aromatic N) is 3. The van der Waals surface area contributed by atoms with Gasteiger partial charge in [0.05, 0.1) is 0 Å². The molecule has 1 saturated heterocycles. The lowest BCUT2D eigenvalue weighted by atomic mass is 9.99. The molecule has 2 atom stereocenters. The minimum Gasteiger partial charge on any atom is -0.334 e. The van der Waals surface area contributed by atoms with E-state index in [0.717, 1.165) is 18.8 Å².